The van der Waals surface area contributed by atoms with Crippen molar-refractivity contribution in [3.05, 3.63) is 95.6 Å². The van der Waals surface area contributed by atoms with Crippen LogP contribution in [0.25, 0.3) is 11.1 Å². The molecular formula is C29H31NO4. The molecule has 1 saturated heterocycles. The predicted octanol–water partition coefficient (Wildman–Crippen LogP) is 6.32. The van der Waals surface area contributed by atoms with Crippen molar-refractivity contribution in [3.63, 3.8) is 0 Å². The summed E-state index contributed by atoms with van der Waals surface area (Å²) in [6.07, 6.45) is -0.418. The molecule has 2 amide bonds. The summed E-state index contributed by atoms with van der Waals surface area (Å²) in [4.78, 5) is 27.1. The molecule has 0 bridgehead atoms. The van der Waals surface area contributed by atoms with Gasteiger partial charge in [-0.15, -0.1) is 0 Å². The van der Waals surface area contributed by atoms with Gasteiger partial charge in [0.1, 0.15) is 17.7 Å². The van der Waals surface area contributed by atoms with E-state index in [2.05, 4.69) is 43.3 Å². The normalized spacial score (nSPS) is 17.9. The standard InChI is InChI=1S/C29H31NO4/c1-5-21-11-15-23(16-12-21)24-17-13-22(14-18-24)19-33-20(2)27(31)30-26(25-9-7-6-8-10-25)29(3,4)34-28(30)32/h6-18,20,26H,5,19H2,1-4H3/t20-,26-/m0/s1. The number of hydrogen-bond donors (Lipinski definition) is 0. The maximum Gasteiger partial charge on any atom is 0.417 e. The van der Waals surface area contributed by atoms with E-state index in [0.717, 1.165) is 28.7 Å². The Kier molecular flexibility index (Phi) is 6.85. The zero-order chi connectivity index (χ0) is 24.3. The summed E-state index contributed by atoms with van der Waals surface area (Å²) >= 11 is 0. The molecule has 1 aliphatic rings. The van der Waals surface area contributed by atoms with Gasteiger partial charge in [0.25, 0.3) is 5.91 Å². The lowest BCUT2D eigenvalue weighted by molar-refractivity contribution is -0.141. The second-order valence-corrected chi connectivity index (χ2v) is 9.19. The fourth-order valence-corrected chi connectivity index (χ4v) is 4.36. The maximum absolute atomic E-state index is 13.2. The molecular weight excluding hydrogens is 426 g/mol. The van der Waals surface area contributed by atoms with Gasteiger partial charge in [-0.3, -0.25) is 4.79 Å². The Hall–Kier alpha value is -3.44. The van der Waals surface area contributed by atoms with E-state index in [-0.39, 0.29) is 6.61 Å². The molecule has 3 aromatic rings. The Morgan fingerprint density at radius 2 is 1.50 bits per heavy atom. The Labute approximate surface area is 201 Å². The van der Waals surface area contributed by atoms with Crippen molar-refractivity contribution in [3.8, 4) is 11.1 Å². The van der Waals surface area contributed by atoms with Gasteiger partial charge in [0, 0.05) is 0 Å². The van der Waals surface area contributed by atoms with Crippen molar-refractivity contribution in [2.24, 2.45) is 0 Å². The predicted molar refractivity (Wildman–Crippen MR) is 132 cm³/mol. The largest absolute Gasteiger partial charge is 0.440 e. The van der Waals surface area contributed by atoms with Crippen LogP contribution in [-0.2, 0) is 27.3 Å². The monoisotopic (exact) mass is 457 g/mol. The summed E-state index contributed by atoms with van der Waals surface area (Å²) in [6, 6.07) is 25.6. The molecule has 2 atom stereocenters. The molecule has 5 heteroatoms. The molecule has 176 valence electrons. The van der Waals surface area contributed by atoms with Gasteiger partial charge in [0.05, 0.1) is 6.61 Å². The molecule has 3 aromatic carbocycles. The summed E-state index contributed by atoms with van der Waals surface area (Å²) in [5, 5.41) is 0. The van der Waals surface area contributed by atoms with Crippen LogP contribution in [0.5, 0.6) is 0 Å². The second kappa shape index (κ2) is 9.82. The van der Waals surface area contributed by atoms with Crippen LogP contribution >= 0.6 is 0 Å². The first-order valence-electron chi connectivity index (χ1n) is 11.7. The third kappa shape index (κ3) is 4.90. The summed E-state index contributed by atoms with van der Waals surface area (Å²) in [5.41, 5.74) is 4.57. The van der Waals surface area contributed by atoms with Crippen LogP contribution < -0.4 is 0 Å². The molecule has 0 aliphatic carbocycles. The van der Waals surface area contributed by atoms with Crippen LogP contribution in [0.1, 0.15) is 50.4 Å². The summed E-state index contributed by atoms with van der Waals surface area (Å²) in [6.45, 7) is 7.72. The summed E-state index contributed by atoms with van der Waals surface area (Å²) in [7, 11) is 0. The molecule has 0 unspecified atom stereocenters. The Morgan fingerprint density at radius 3 is 2.06 bits per heavy atom. The van der Waals surface area contributed by atoms with Crippen molar-refractivity contribution in [2.45, 2.75) is 58.5 Å². The lowest BCUT2D eigenvalue weighted by Crippen LogP contribution is -2.43. The number of benzene rings is 3. The second-order valence-electron chi connectivity index (χ2n) is 9.19. The van der Waals surface area contributed by atoms with Crippen LogP contribution in [0.3, 0.4) is 0 Å². The molecule has 1 fully saturated rings. The van der Waals surface area contributed by atoms with Crippen LogP contribution in [0.2, 0.25) is 0 Å². The summed E-state index contributed by atoms with van der Waals surface area (Å²) in [5.74, 6) is -0.405. The molecule has 34 heavy (non-hydrogen) atoms. The Balaban J connectivity index is 1.42. The third-order valence-electron chi connectivity index (χ3n) is 6.31. The van der Waals surface area contributed by atoms with Gasteiger partial charge in [0.15, 0.2) is 0 Å². The molecule has 5 nitrogen and oxygen atoms in total. The number of imide groups is 1. The average molecular weight is 458 g/mol. The fraction of sp³-hybridized carbons (Fsp3) is 0.310. The van der Waals surface area contributed by atoms with Crippen LogP contribution in [0.4, 0.5) is 4.79 Å². The number of rotatable bonds is 7. The molecule has 0 N–H and O–H groups in total. The zero-order valence-corrected chi connectivity index (χ0v) is 20.2. The Bertz CT molecular complexity index is 1140. The number of amides is 2. The molecule has 0 saturated carbocycles. The maximum atomic E-state index is 13.2. The number of carbonyl (C=O) groups excluding carboxylic acids is 2. The van der Waals surface area contributed by atoms with Gasteiger partial charge >= 0.3 is 6.09 Å². The van der Waals surface area contributed by atoms with E-state index in [1.54, 1.807) is 6.92 Å². The number of cyclic esters (lactones) is 1. The van der Waals surface area contributed by atoms with E-state index < -0.39 is 29.7 Å². The van der Waals surface area contributed by atoms with E-state index in [0.29, 0.717) is 0 Å². The lowest BCUT2D eigenvalue weighted by Gasteiger charge is -2.29. The molecule has 0 radical (unpaired) electrons. The lowest BCUT2D eigenvalue weighted by atomic mass is 9.91. The number of aryl methyl sites for hydroxylation is 1. The van der Waals surface area contributed by atoms with E-state index in [1.807, 2.05) is 56.3 Å². The molecule has 0 spiro atoms. The third-order valence-corrected chi connectivity index (χ3v) is 6.31. The topological polar surface area (TPSA) is 55.8 Å². The van der Waals surface area contributed by atoms with Gasteiger partial charge in [-0.2, -0.15) is 0 Å². The number of ether oxygens (including phenoxy) is 2. The molecule has 4 rings (SSSR count). The van der Waals surface area contributed by atoms with Gasteiger partial charge in [0.2, 0.25) is 0 Å². The van der Waals surface area contributed by atoms with Crippen molar-refractivity contribution in [2.75, 3.05) is 0 Å². The van der Waals surface area contributed by atoms with E-state index in [9.17, 15) is 9.59 Å². The molecule has 0 aromatic heterocycles. The number of nitrogens with zero attached hydrogens (tertiary/aromatic N) is 1. The van der Waals surface area contributed by atoms with E-state index in [1.165, 1.54) is 10.5 Å². The van der Waals surface area contributed by atoms with Gasteiger partial charge in [-0.1, -0.05) is 85.8 Å². The van der Waals surface area contributed by atoms with E-state index >= 15 is 0 Å². The van der Waals surface area contributed by atoms with Crippen LogP contribution in [-0.4, -0.2) is 28.6 Å². The fourth-order valence-electron chi connectivity index (χ4n) is 4.36. The van der Waals surface area contributed by atoms with Gasteiger partial charge in [-0.05, 0) is 55.0 Å². The Morgan fingerprint density at radius 1 is 0.941 bits per heavy atom. The minimum Gasteiger partial charge on any atom is -0.440 e. The average Bonchev–Trinajstić information content (AvgIpc) is 3.10. The highest BCUT2D eigenvalue weighted by atomic mass is 16.6. The summed E-state index contributed by atoms with van der Waals surface area (Å²) < 4.78 is 11.4. The molecule has 1 aliphatic heterocycles. The van der Waals surface area contributed by atoms with Crippen molar-refractivity contribution in [1.29, 1.82) is 0 Å². The highest BCUT2D eigenvalue weighted by molar-refractivity contribution is 5.96. The van der Waals surface area contributed by atoms with Crippen molar-refractivity contribution < 1.29 is 19.1 Å². The first-order valence-corrected chi connectivity index (χ1v) is 11.7. The van der Waals surface area contributed by atoms with Crippen LogP contribution in [0.15, 0.2) is 78.9 Å². The van der Waals surface area contributed by atoms with Gasteiger partial charge < -0.3 is 9.47 Å². The first kappa shape index (κ1) is 23.7. The highest BCUT2D eigenvalue weighted by Gasteiger charge is 2.52. The van der Waals surface area contributed by atoms with Crippen LogP contribution in [0, 0.1) is 0 Å². The minimum atomic E-state index is -0.834. The van der Waals surface area contributed by atoms with Crippen molar-refractivity contribution in [1.82, 2.24) is 4.90 Å². The highest BCUT2D eigenvalue weighted by Crippen LogP contribution is 2.41. The first-order chi connectivity index (χ1) is 16.3. The smallest absolute Gasteiger partial charge is 0.417 e. The number of carbonyl (C=O) groups is 2. The van der Waals surface area contributed by atoms with Crippen molar-refractivity contribution >= 4 is 12.0 Å². The molecule has 1 heterocycles. The minimum absolute atomic E-state index is 0.268. The quantitative estimate of drug-likeness (QED) is 0.417. The SMILES string of the molecule is CCc1ccc(-c2ccc(CO[C@@H](C)C(=O)N3C(=O)OC(C)(C)[C@@H]3c3ccccc3)cc2)cc1. The van der Waals surface area contributed by atoms with Gasteiger partial charge in [-0.25, -0.2) is 9.69 Å². The number of hydrogen-bond acceptors (Lipinski definition) is 4. The zero-order valence-electron chi connectivity index (χ0n) is 20.2. The van der Waals surface area contributed by atoms with E-state index in [4.69, 9.17) is 9.47 Å².